The highest BCUT2D eigenvalue weighted by Gasteiger charge is 2.31. The van der Waals surface area contributed by atoms with Crippen molar-refractivity contribution in [3.8, 4) is 0 Å². The fourth-order valence-corrected chi connectivity index (χ4v) is 4.28. The second-order valence-electron chi connectivity index (χ2n) is 8.38. The molecule has 0 radical (unpaired) electrons. The number of nitrogens with one attached hydrogen (secondary N) is 1. The minimum Gasteiger partial charge on any atom is -0.354 e. The Kier molecular flexibility index (Phi) is 10.1. The highest BCUT2D eigenvalue weighted by atomic mass is 35.5. The van der Waals surface area contributed by atoms with Gasteiger partial charge in [0.2, 0.25) is 11.8 Å². The summed E-state index contributed by atoms with van der Waals surface area (Å²) in [6, 6.07) is 19.9. The Balaban J connectivity index is 1.97. The van der Waals surface area contributed by atoms with Crippen LogP contribution in [0.1, 0.15) is 36.5 Å². The maximum atomic E-state index is 14.6. The summed E-state index contributed by atoms with van der Waals surface area (Å²) < 4.78 is 14.6. The summed E-state index contributed by atoms with van der Waals surface area (Å²) in [5.41, 5.74) is 1.82. The van der Waals surface area contributed by atoms with Crippen LogP contribution in [0.4, 0.5) is 4.39 Å². The van der Waals surface area contributed by atoms with Gasteiger partial charge in [0.25, 0.3) is 0 Å². The average molecular weight is 515 g/mol. The van der Waals surface area contributed by atoms with Gasteiger partial charge in [0, 0.05) is 35.1 Å². The van der Waals surface area contributed by atoms with Crippen LogP contribution in [0.15, 0.2) is 72.8 Å². The number of carbonyl (C=O) groups is 2. The molecule has 0 saturated carbocycles. The van der Waals surface area contributed by atoms with Crippen LogP contribution < -0.4 is 5.32 Å². The number of rotatable bonds is 11. The van der Waals surface area contributed by atoms with Gasteiger partial charge < -0.3 is 10.2 Å². The first-order chi connectivity index (χ1) is 16.9. The standard InChI is InChI=1S/C28H29Cl2FN2O2/c1-2-3-15-32-28(35)26(16-20-9-5-4-6-10-20)33(19-22-11-7-8-12-25(22)31)27(34)17-21-13-14-23(29)18-24(21)30/h4-14,18,26H,2-3,15-17,19H2,1H3,(H,32,35)/t26-/m1/s1. The molecule has 35 heavy (non-hydrogen) atoms. The van der Waals surface area contributed by atoms with Gasteiger partial charge >= 0.3 is 0 Å². The third kappa shape index (κ3) is 7.81. The fourth-order valence-electron chi connectivity index (χ4n) is 3.80. The number of amides is 2. The fraction of sp³-hybridized carbons (Fsp3) is 0.286. The summed E-state index contributed by atoms with van der Waals surface area (Å²) >= 11 is 12.3. The summed E-state index contributed by atoms with van der Waals surface area (Å²) in [6.07, 6.45) is 2.01. The van der Waals surface area contributed by atoms with Crippen LogP contribution in [0, 0.1) is 5.82 Å². The number of nitrogens with zero attached hydrogens (tertiary/aromatic N) is 1. The van der Waals surface area contributed by atoms with Crippen molar-refractivity contribution in [3.63, 3.8) is 0 Å². The van der Waals surface area contributed by atoms with E-state index in [0.29, 0.717) is 34.1 Å². The average Bonchev–Trinajstić information content (AvgIpc) is 2.84. The molecule has 0 aliphatic heterocycles. The predicted octanol–water partition coefficient (Wildman–Crippen LogP) is 6.23. The van der Waals surface area contributed by atoms with E-state index in [0.717, 1.165) is 18.4 Å². The Morgan fingerprint density at radius 2 is 1.69 bits per heavy atom. The van der Waals surface area contributed by atoms with Crippen molar-refractivity contribution in [2.24, 2.45) is 0 Å². The molecular weight excluding hydrogens is 486 g/mol. The topological polar surface area (TPSA) is 49.4 Å². The Bertz CT molecular complexity index is 1140. The Labute approximate surface area is 216 Å². The Morgan fingerprint density at radius 3 is 2.37 bits per heavy atom. The van der Waals surface area contributed by atoms with Gasteiger partial charge in [0.1, 0.15) is 11.9 Å². The molecule has 0 spiro atoms. The maximum absolute atomic E-state index is 14.6. The summed E-state index contributed by atoms with van der Waals surface area (Å²) in [6.45, 7) is 2.50. The van der Waals surface area contributed by atoms with Gasteiger partial charge in [-0.15, -0.1) is 0 Å². The van der Waals surface area contributed by atoms with Gasteiger partial charge in [-0.25, -0.2) is 4.39 Å². The Morgan fingerprint density at radius 1 is 0.971 bits per heavy atom. The predicted molar refractivity (Wildman–Crippen MR) is 139 cm³/mol. The van der Waals surface area contributed by atoms with Gasteiger partial charge in [0.05, 0.1) is 6.42 Å². The smallest absolute Gasteiger partial charge is 0.243 e. The van der Waals surface area contributed by atoms with Gasteiger partial charge in [-0.3, -0.25) is 9.59 Å². The van der Waals surface area contributed by atoms with E-state index in [-0.39, 0.29) is 24.8 Å². The molecule has 0 unspecified atom stereocenters. The van der Waals surface area contributed by atoms with E-state index < -0.39 is 11.9 Å². The van der Waals surface area contributed by atoms with Crippen LogP contribution in [0.5, 0.6) is 0 Å². The molecular formula is C28H29Cl2FN2O2. The molecule has 1 N–H and O–H groups in total. The van der Waals surface area contributed by atoms with Crippen LogP contribution in [0.2, 0.25) is 10.0 Å². The first-order valence-corrected chi connectivity index (χ1v) is 12.4. The van der Waals surface area contributed by atoms with Crippen LogP contribution >= 0.6 is 23.2 Å². The van der Waals surface area contributed by atoms with Crippen molar-refractivity contribution in [1.29, 1.82) is 0 Å². The number of hydrogen-bond donors (Lipinski definition) is 1. The first-order valence-electron chi connectivity index (χ1n) is 11.7. The lowest BCUT2D eigenvalue weighted by Gasteiger charge is -2.32. The summed E-state index contributed by atoms with van der Waals surface area (Å²) in [5, 5.41) is 3.78. The van der Waals surface area contributed by atoms with Crippen molar-refractivity contribution in [1.82, 2.24) is 10.2 Å². The molecule has 4 nitrogen and oxygen atoms in total. The van der Waals surface area contributed by atoms with E-state index in [1.165, 1.54) is 11.0 Å². The first kappa shape index (κ1) is 26.7. The lowest BCUT2D eigenvalue weighted by atomic mass is 10.0. The zero-order valence-electron chi connectivity index (χ0n) is 19.6. The van der Waals surface area contributed by atoms with E-state index in [2.05, 4.69) is 5.32 Å². The van der Waals surface area contributed by atoms with E-state index in [1.807, 2.05) is 37.3 Å². The number of benzene rings is 3. The van der Waals surface area contributed by atoms with Crippen LogP contribution in [0.25, 0.3) is 0 Å². The largest absolute Gasteiger partial charge is 0.354 e. The van der Waals surface area contributed by atoms with E-state index in [9.17, 15) is 14.0 Å². The molecule has 0 aliphatic carbocycles. The zero-order valence-corrected chi connectivity index (χ0v) is 21.2. The minimum absolute atomic E-state index is 0.0437. The number of unbranched alkanes of at least 4 members (excludes halogenated alkanes) is 1. The third-order valence-corrected chi connectivity index (χ3v) is 6.34. The molecule has 0 fully saturated rings. The molecule has 2 amide bonds. The SMILES string of the molecule is CCCCNC(=O)[C@@H](Cc1ccccc1)N(Cc1ccccc1F)C(=O)Cc1ccc(Cl)cc1Cl. The molecule has 3 rings (SSSR count). The van der Waals surface area contributed by atoms with Gasteiger partial charge in [-0.05, 0) is 35.7 Å². The highest BCUT2D eigenvalue weighted by molar-refractivity contribution is 6.35. The monoisotopic (exact) mass is 514 g/mol. The van der Waals surface area contributed by atoms with Crippen LogP contribution in [-0.4, -0.2) is 29.3 Å². The van der Waals surface area contributed by atoms with Crippen molar-refractivity contribution < 1.29 is 14.0 Å². The molecule has 0 bridgehead atoms. The molecule has 3 aromatic carbocycles. The summed E-state index contributed by atoms with van der Waals surface area (Å²) in [5.74, 6) is -1.03. The van der Waals surface area contributed by atoms with Crippen molar-refractivity contribution in [3.05, 3.63) is 105 Å². The normalized spacial score (nSPS) is 11.7. The van der Waals surface area contributed by atoms with Crippen molar-refractivity contribution in [2.45, 2.75) is 45.2 Å². The van der Waals surface area contributed by atoms with Gasteiger partial charge in [0.15, 0.2) is 0 Å². The third-order valence-electron chi connectivity index (χ3n) is 5.76. The number of hydrogen-bond acceptors (Lipinski definition) is 2. The number of halogens is 3. The van der Waals surface area contributed by atoms with Crippen molar-refractivity contribution >= 4 is 35.0 Å². The second kappa shape index (κ2) is 13.3. The highest BCUT2D eigenvalue weighted by Crippen LogP contribution is 2.24. The summed E-state index contributed by atoms with van der Waals surface area (Å²) in [7, 11) is 0. The van der Waals surface area contributed by atoms with E-state index >= 15 is 0 Å². The van der Waals surface area contributed by atoms with Crippen LogP contribution in [0.3, 0.4) is 0 Å². The molecule has 0 heterocycles. The molecule has 0 aliphatic rings. The zero-order chi connectivity index (χ0) is 25.2. The van der Waals surface area contributed by atoms with Gasteiger partial charge in [-0.2, -0.15) is 0 Å². The quantitative estimate of drug-likeness (QED) is 0.308. The Hall–Kier alpha value is -2.89. The maximum Gasteiger partial charge on any atom is 0.243 e. The van der Waals surface area contributed by atoms with E-state index in [4.69, 9.17) is 23.2 Å². The van der Waals surface area contributed by atoms with Gasteiger partial charge in [-0.1, -0.05) is 91.1 Å². The number of carbonyl (C=O) groups excluding carboxylic acids is 2. The lowest BCUT2D eigenvalue weighted by molar-refractivity contribution is -0.140. The van der Waals surface area contributed by atoms with Crippen LogP contribution in [-0.2, 0) is 29.0 Å². The lowest BCUT2D eigenvalue weighted by Crippen LogP contribution is -2.51. The molecule has 184 valence electrons. The second-order valence-corrected chi connectivity index (χ2v) is 9.22. The van der Waals surface area contributed by atoms with E-state index in [1.54, 1.807) is 36.4 Å². The molecule has 7 heteroatoms. The molecule has 0 saturated heterocycles. The van der Waals surface area contributed by atoms with Crippen molar-refractivity contribution in [2.75, 3.05) is 6.54 Å². The minimum atomic E-state index is -0.826. The molecule has 1 atom stereocenters. The molecule has 0 aromatic heterocycles. The molecule has 3 aromatic rings. The summed E-state index contributed by atoms with van der Waals surface area (Å²) in [4.78, 5) is 28.5.